The largest absolute Gasteiger partial charge is 0.458 e. The Hall–Kier alpha value is -2.28. The molecule has 1 aromatic rings. The number of rotatable bonds is 11. The lowest BCUT2D eigenvalue weighted by Gasteiger charge is -2.50. The highest BCUT2D eigenvalue weighted by Crippen LogP contribution is 2.52. The lowest BCUT2D eigenvalue weighted by Crippen LogP contribution is -2.61. The highest BCUT2D eigenvalue weighted by Gasteiger charge is 2.70. The second kappa shape index (κ2) is 19.4. The summed E-state index contributed by atoms with van der Waals surface area (Å²) in [4.78, 5) is 32.7. The number of Topliss-reactive ketones (excluding diaryl/α,β-unsaturated/α-hetero) is 1. The third-order valence-corrected chi connectivity index (χ3v) is 14.5. The van der Waals surface area contributed by atoms with Gasteiger partial charge in [-0.2, -0.15) is 0 Å². The summed E-state index contributed by atoms with van der Waals surface area (Å²) in [6.07, 6.45) is -7.79. The van der Waals surface area contributed by atoms with E-state index >= 15 is 0 Å². The molecule has 19 atom stereocenters. The maximum Gasteiger partial charge on any atom is 0.311 e. The van der Waals surface area contributed by atoms with E-state index < -0.39 is 108 Å². The van der Waals surface area contributed by atoms with Gasteiger partial charge in [0.05, 0.1) is 54.2 Å². The lowest BCUT2D eigenvalue weighted by atomic mass is 9.75. The molecule has 3 aliphatic heterocycles. The van der Waals surface area contributed by atoms with E-state index in [9.17, 15) is 24.9 Å². The van der Waals surface area contributed by atoms with Crippen molar-refractivity contribution in [2.45, 2.75) is 172 Å². The van der Waals surface area contributed by atoms with Gasteiger partial charge in [0.2, 0.25) is 0 Å². The first kappa shape index (κ1) is 49.7. The smallest absolute Gasteiger partial charge is 0.311 e. The number of carbonyl (C=O) groups excluding carboxylic acids is 2. The molecular weight excluding hydrogens is 789 g/mol. The summed E-state index contributed by atoms with van der Waals surface area (Å²) in [6, 6.07) is 8.04. The number of ether oxygens (including phenoxy) is 8. The summed E-state index contributed by atoms with van der Waals surface area (Å²) in [6.45, 7) is 16.3. The Bertz CT molecular complexity index is 1630. The molecule has 61 heavy (non-hydrogen) atoms. The van der Waals surface area contributed by atoms with Crippen molar-refractivity contribution in [3.8, 4) is 0 Å². The number of likely N-dealkylation sites (N-methyl/N-ethyl adjacent to an activating group) is 1. The predicted molar refractivity (Wildman–Crippen MR) is 228 cm³/mol. The third kappa shape index (κ3) is 10.2. The standard InChI is InChI=1S/C46H76N2O13/c1-24-21-45(9,55-15)40(61-43-37(33(48(12)13)20-25(2)57-43)56-23-31-16-18-32(19-17-31)47(10)11)27(4)36(59-34-22-44(8,54-14)39(51)30(7)58-34)28(5)42(52)60-41-29(6)46(41,53)38(50)26(3)35(24)49/h16-19,24-30,33-34,36-41,43,50-51,53H,20-23H2,1-15H3/t24-,25-,26+,27+,28-,29?,30+,33+,34+,36+,37-,38-,39+,40-,41-,43+,44-,45+,46+/m1/s1. The van der Waals surface area contributed by atoms with Crippen LogP contribution in [0.15, 0.2) is 24.3 Å². The maximum absolute atomic E-state index is 14.3. The Balaban J connectivity index is 1.60. The van der Waals surface area contributed by atoms with Crippen molar-refractivity contribution in [2.75, 3.05) is 47.3 Å². The summed E-state index contributed by atoms with van der Waals surface area (Å²) < 4.78 is 52.1. The van der Waals surface area contributed by atoms with Crippen LogP contribution in [0.2, 0.25) is 0 Å². The number of anilines is 1. The van der Waals surface area contributed by atoms with E-state index in [1.165, 1.54) is 7.11 Å². The van der Waals surface area contributed by atoms with Gasteiger partial charge >= 0.3 is 5.97 Å². The summed E-state index contributed by atoms with van der Waals surface area (Å²) in [5, 5.41) is 34.3. The van der Waals surface area contributed by atoms with Gasteiger partial charge in [0.25, 0.3) is 0 Å². The van der Waals surface area contributed by atoms with Crippen LogP contribution in [0.5, 0.6) is 0 Å². The van der Waals surface area contributed by atoms with E-state index in [4.69, 9.17) is 37.9 Å². The van der Waals surface area contributed by atoms with Gasteiger partial charge in [0.1, 0.15) is 29.7 Å². The summed E-state index contributed by atoms with van der Waals surface area (Å²) in [7, 11) is 11.1. The first-order valence-electron chi connectivity index (χ1n) is 22.0. The van der Waals surface area contributed by atoms with Crippen LogP contribution in [0.4, 0.5) is 5.69 Å². The van der Waals surface area contributed by atoms with Gasteiger partial charge in [-0.15, -0.1) is 0 Å². The fourth-order valence-corrected chi connectivity index (χ4v) is 10.1. The minimum atomic E-state index is -1.81. The van der Waals surface area contributed by atoms with Gasteiger partial charge in [0.15, 0.2) is 12.6 Å². The average Bonchev–Trinajstić information content (AvgIpc) is 3.75. The van der Waals surface area contributed by atoms with E-state index in [1.54, 1.807) is 48.7 Å². The zero-order valence-corrected chi connectivity index (χ0v) is 39.2. The third-order valence-electron chi connectivity index (χ3n) is 14.5. The fourth-order valence-electron chi connectivity index (χ4n) is 10.1. The molecule has 15 heteroatoms. The number of hydrogen-bond acceptors (Lipinski definition) is 15. The molecule has 0 bridgehead atoms. The Morgan fingerprint density at radius 1 is 0.803 bits per heavy atom. The second-order valence-corrected chi connectivity index (χ2v) is 19.5. The normalized spacial score (nSPS) is 45.2. The lowest BCUT2D eigenvalue weighted by molar-refractivity contribution is -0.323. The molecule has 4 aliphatic rings. The van der Waals surface area contributed by atoms with Crippen LogP contribution in [0.25, 0.3) is 0 Å². The highest BCUT2D eigenvalue weighted by molar-refractivity contribution is 5.84. The monoisotopic (exact) mass is 865 g/mol. The number of carbonyl (C=O) groups is 2. The Morgan fingerprint density at radius 2 is 1.43 bits per heavy atom. The number of nitrogens with zero attached hydrogens (tertiary/aromatic N) is 2. The Kier molecular flexibility index (Phi) is 15.9. The fraction of sp³-hybridized carbons (Fsp3) is 0.826. The van der Waals surface area contributed by atoms with Crippen LogP contribution < -0.4 is 4.90 Å². The Labute approximate surface area is 363 Å². The van der Waals surface area contributed by atoms with E-state index in [0.29, 0.717) is 6.42 Å². The SMILES string of the molecule is CO[C@]1(C)C[C@H](O[C@H]2[C@H](C)[C@@H](O[C@@H]3O[C@H](C)C[C@H](N(C)C)[C@H]3OCc3ccc(N(C)C)cc3)[C@@](C)(OC)C[C@@H](C)C(=O)[C@H](C)[C@@H](O)[C@@]3(O)C(C)[C@H]3OC(=O)[C@@H]2C)O[C@@H](C)[C@@H]1O. The van der Waals surface area contributed by atoms with Gasteiger partial charge < -0.3 is 63.0 Å². The molecule has 3 heterocycles. The first-order chi connectivity index (χ1) is 28.4. The minimum Gasteiger partial charge on any atom is -0.458 e. The minimum absolute atomic E-state index is 0.115. The van der Waals surface area contributed by atoms with E-state index in [1.807, 2.05) is 78.1 Å². The predicted octanol–water partition coefficient (Wildman–Crippen LogP) is 3.95. The van der Waals surface area contributed by atoms with E-state index in [2.05, 4.69) is 4.90 Å². The Morgan fingerprint density at radius 3 is 2.00 bits per heavy atom. The zero-order valence-electron chi connectivity index (χ0n) is 39.2. The van der Waals surface area contributed by atoms with Crippen LogP contribution >= 0.6 is 0 Å². The number of benzene rings is 1. The molecule has 0 amide bonds. The molecule has 15 nitrogen and oxygen atoms in total. The van der Waals surface area contributed by atoms with Gasteiger partial charge in [0, 0.05) is 70.1 Å². The molecule has 3 N–H and O–H groups in total. The molecule has 0 aromatic heterocycles. The summed E-state index contributed by atoms with van der Waals surface area (Å²) in [5.41, 5.74) is -2.03. The second-order valence-electron chi connectivity index (χ2n) is 19.5. The molecule has 3 saturated heterocycles. The van der Waals surface area contributed by atoms with Crippen LogP contribution in [0, 0.1) is 29.6 Å². The van der Waals surface area contributed by atoms with Crippen molar-refractivity contribution in [2.24, 2.45) is 29.6 Å². The molecule has 1 saturated carbocycles. The number of aliphatic hydroxyl groups is 3. The van der Waals surface area contributed by atoms with Gasteiger partial charge in [-0.05, 0) is 79.3 Å². The number of methoxy groups -OCH3 is 2. The average molecular weight is 865 g/mol. The molecule has 0 spiro atoms. The van der Waals surface area contributed by atoms with Crippen molar-refractivity contribution < 1.29 is 62.8 Å². The molecule has 1 aromatic carbocycles. The van der Waals surface area contributed by atoms with Crippen molar-refractivity contribution in [3.63, 3.8) is 0 Å². The van der Waals surface area contributed by atoms with Crippen molar-refractivity contribution in [3.05, 3.63) is 29.8 Å². The summed E-state index contributed by atoms with van der Waals surface area (Å²) in [5.74, 6) is -4.90. The number of fused-ring (bicyclic) bond motifs is 1. The molecule has 1 unspecified atom stereocenters. The summed E-state index contributed by atoms with van der Waals surface area (Å²) >= 11 is 0. The molecule has 1 aliphatic carbocycles. The van der Waals surface area contributed by atoms with Crippen LogP contribution in [-0.4, -0.2) is 159 Å². The van der Waals surface area contributed by atoms with Crippen molar-refractivity contribution >= 4 is 17.4 Å². The van der Waals surface area contributed by atoms with E-state index in [0.717, 1.165) is 11.3 Å². The zero-order chi connectivity index (χ0) is 45.5. The number of esters is 1. The first-order valence-corrected chi connectivity index (χ1v) is 22.0. The molecule has 4 fully saturated rings. The molecule has 348 valence electrons. The number of aliphatic hydroxyl groups excluding tert-OH is 2. The maximum atomic E-state index is 14.3. The van der Waals surface area contributed by atoms with Crippen molar-refractivity contribution in [1.29, 1.82) is 0 Å². The number of ketones is 1. The number of hydrogen-bond donors (Lipinski definition) is 3. The van der Waals surface area contributed by atoms with Gasteiger partial charge in [-0.1, -0.05) is 39.8 Å². The molecule has 0 radical (unpaired) electrons. The van der Waals surface area contributed by atoms with E-state index in [-0.39, 0.29) is 37.4 Å². The quantitative estimate of drug-likeness (QED) is 0.273. The van der Waals surface area contributed by atoms with Gasteiger partial charge in [-0.3, -0.25) is 9.59 Å². The molecule has 5 rings (SSSR count). The van der Waals surface area contributed by atoms with Crippen LogP contribution in [-0.2, 0) is 54.1 Å². The van der Waals surface area contributed by atoms with Crippen LogP contribution in [0.3, 0.4) is 0 Å². The molecular formula is C46H76N2O13. The highest BCUT2D eigenvalue weighted by atomic mass is 16.7. The van der Waals surface area contributed by atoms with Gasteiger partial charge in [-0.25, -0.2) is 0 Å². The van der Waals surface area contributed by atoms with Crippen LogP contribution in [0.1, 0.15) is 87.1 Å². The topological polar surface area (TPSA) is 175 Å². The van der Waals surface area contributed by atoms with Crippen molar-refractivity contribution in [1.82, 2.24) is 4.90 Å².